The van der Waals surface area contributed by atoms with Crippen LogP contribution in [-0.4, -0.2) is 23.8 Å². The molecule has 0 spiro atoms. The van der Waals surface area contributed by atoms with Gasteiger partial charge in [0, 0.05) is 6.04 Å². The van der Waals surface area contributed by atoms with E-state index in [0.29, 0.717) is 0 Å². The van der Waals surface area contributed by atoms with E-state index in [4.69, 9.17) is 4.74 Å². The summed E-state index contributed by atoms with van der Waals surface area (Å²) in [4.78, 5) is 21.1. The van der Waals surface area contributed by atoms with Gasteiger partial charge in [-0.1, -0.05) is 0 Å². The molecule has 0 aliphatic heterocycles. The Kier molecular flexibility index (Phi) is 4.53. The number of carbonyl (C=O) groups is 2. The third-order valence-corrected chi connectivity index (χ3v) is 1.23. The number of carbonyl (C=O) groups excluding carboxylic acids is 2. The predicted octanol–water partition coefficient (Wildman–Crippen LogP) is 1.79. The minimum absolute atomic E-state index is 0.334. The lowest BCUT2D eigenvalue weighted by Gasteiger charge is -2.21. The van der Waals surface area contributed by atoms with Crippen LogP contribution >= 0.6 is 0 Å². The molecule has 0 radical (unpaired) electrons. The van der Waals surface area contributed by atoms with Gasteiger partial charge in [-0.3, -0.25) is 4.79 Å². The quantitative estimate of drug-likeness (QED) is 0.714. The molecule has 0 heterocycles. The van der Waals surface area contributed by atoms with Gasteiger partial charge in [0.2, 0.25) is 0 Å². The van der Waals surface area contributed by atoms with Crippen molar-refractivity contribution in [2.45, 2.75) is 45.8 Å². The molecule has 82 valence electrons. The number of rotatable bonds is 3. The number of amides is 1. The van der Waals surface area contributed by atoms with Gasteiger partial charge in [0.25, 0.3) is 0 Å². The Balaban J connectivity index is 3.89. The first kappa shape index (κ1) is 12.9. The van der Waals surface area contributed by atoms with Gasteiger partial charge in [-0.15, -0.1) is 0 Å². The van der Waals surface area contributed by atoms with E-state index in [-0.39, 0.29) is 6.42 Å². The molecule has 0 aromatic rings. The largest absolute Gasteiger partial charge is 0.444 e. The normalized spacial score (nSPS) is 13.2. The second-order valence-corrected chi connectivity index (χ2v) is 4.11. The van der Waals surface area contributed by atoms with Crippen molar-refractivity contribution < 1.29 is 18.7 Å². The van der Waals surface area contributed by atoms with Crippen LogP contribution in [0.2, 0.25) is 0 Å². The van der Waals surface area contributed by atoms with Crippen LogP contribution in [0.1, 0.15) is 34.1 Å². The van der Waals surface area contributed by atoms with Crippen molar-refractivity contribution in [1.82, 2.24) is 5.32 Å². The van der Waals surface area contributed by atoms with E-state index >= 15 is 0 Å². The van der Waals surface area contributed by atoms with Gasteiger partial charge >= 0.3 is 12.1 Å². The predicted molar refractivity (Wildman–Crippen MR) is 49.6 cm³/mol. The van der Waals surface area contributed by atoms with Crippen molar-refractivity contribution in [3.63, 3.8) is 0 Å². The standard InChI is InChI=1S/C9H16FNO3/c1-6(5-7(10)12)11-8(13)14-9(2,3)4/h6H,5H2,1-4H3,(H,11,13)/t6-/m1/s1. The van der Waals surface area contributed by atoms with Crippen LogP contribution in [0.5, 0.6) is 0 Å². The van der Waals surface area contributed by atoms with Crippen LogP contribution in [0.25, 0.3) is 0 Å². The summed E-state index contributed by atoms with van der Waals surface area (Å²) in [6, 6.07) is -2.00. The SMILES string of the molecule is C[C@H](CC(=O)F)NC(=O)OC(C)(C)C. The Labute approximate surface area is 82.8 Å². The molecule has 1 N–H and O–H groups in total. The van der Waals surface area contributed by atoms with E-state index in [2.05, 4.69) is 5.32 Å². The van der Waals surface area contributed by atoms with Crippen molar-refractivity contribution >= 4 is 12.1 Å². The Morgan fingerprint density at radius 2 is 1.93 bits per heavy atom. The fourth-order valence-corrected chi connectivity index (χ4v) is 0.800. The molecule has 0 fully saturated rings. The first-order valence-corrected chi connectivity index (χ1v) is 4.38. The summed E-state index contributed by atoms with van der Waals surface area (Å²) in [5.74, 6) is 0. The first-order chi connectivity index (χ1) is 6.20. The summed E-state index contributed by atoms with van der Waals surface area (Å²) in [5.41, 5.74) is -0.594. The van der Waals surface area contributed by atoms with Gasteiger partial charge in [-0.25, -0.2) is 4.79 Å². The molecular weight excluding hydrogens is 189 g/mol. The first-order valence-electron chi connectivity index (χ1n) is 4.38. The third kappa shape index (κ3) is 7.52. The molecule has 0 aliphatic carbocycles. The van der Waals surface area contributed by atoms with E-state index < -0.39 is 23.8 Å². The molecule has 14 heavy (non-hydrogen) atoms. The summed E-state index contributed by atoms with van der Waals surface area (Å²) >= 11 is 0. The van der Waals surface area contributed by atoms with Gasteiger partial charge in [-0.2, -0.15) is 4.39 Å². The molecule has 0 aromatic heterocycles. The monoisotopic (exact) mass is 205 g/mol. The van der Waals surface area contributed by atoms with Gasteiger partial charge in [0.05, 0.1) is 6.42 Å². The van der Waals surface area contributed by atoms with E-state index in [1.54, 1.807) is 20.8 Å². The van der Waals surface area contributed by atoms with E-state index in [1.807, 2.05) is 0 Å². The smallest absolute Gasteiger partial charge is 0.407 e. The third-order valence-electron chi connectivity index (χ3n) is 1.23. The molecule has 0 aromatic carbocycles. The number of halogens is 1. The summed E-state index contributed by atoms with van der Waals surface area (Å²) in [6.45, 7) is 6.69. The highest BCUT2D eigenvalue weighted by Gasteiger charge is 2.18. The van der Waals surface area contributed by atoms with Crippen molar-refractivity contribution in [2.24, 2.45) is 0 Å². The zero-order chi connectivity index (χ0) is 11.4. The minimum Gasteiger partial charge on any atom is -0.444 e. The summed E-state index contributed by atoms with van der Waals surface area (Å²) in [7, 11) is 0. The Morgan fingerprint density at radius 3 is 2.29 bits per heavy atom. The summed E-state index contributed by atoms with van der Waals surface area (Å²) in [6.07, 6.45) is -0.981. The molecule has 0 unspecified atom stereocenters. The van der Waals surface area contributed by atoms with E-state index in [0.717, 1.165) is 0 Å². The Hall–Kier alpha value is -1.13. The lowest BCUT2D eigenvalue weighted by Crippen LogP contribution is -2.38. The van der Waals surface area contributed by atoms with Crippen molar-refractivity contribution in [1.29, 1.82) is 0 Å². The lowest BCUT2D eigenvalue weighted by molar-refractivity contribution is -0.129. The maximum absolute atomic E-state index is 11.9. The molecule has 4 nitrogen and oxygen atoms in total. The van der Waals surface area contributed by atoms with Crippen LogP contribution in [0, 0.1) is 0 Å². The van der Waals surface area contributed by atoms with Crippen molar-refractivity contribution in [2.75, 3.05) is 0 Å². The minimum atomic E-state index is -1.45. The number of nitrogens with one attached hydrogen (secondary N) is 1. The molecular formula is C9H16FNO3. The van der Waals surface area contributed by atoms with Crippen LogP contribution in [-0.2, 0) is 9.53 Å². The van der Waals surface area contributed by atoms with Crippen molar-refractivity contribution in [3.8, 4) is 0 Å². The van der Waals surface area contributed by atoms with Crippen LogP contribution in [0.3, 0.4) is 0 Å². The summed E-state index contributed by atoms with van der Waals surface area (Å²) in [5, 5.41) is 2.35. The highest BCUT2D eigenvalue weighted by molar-refractivity contribution is 5.71. The fourth-order valence-electron chi connectivity index (χ4n) is 0.800. The number of alkyl carbamates (subject to hydrolysis) is 1. The maximum atomic E-state index is 11.9. The Morgan fingerprint density at radius 1 is 1.43 bits per heavy atom. The zero-order valence-electron chi connectivity index (χ0n) is 8.89. The molecule has 0 aliphatic rings. The number of hydrogen-bond donors (Lipinski definition) is 1. The zero-order valence-corrected chi connectivity index (χ0v) is 8.89. The number of hydrogen-bond acceptors (Lipinski definition) is 3. The second kappa shape index (κ2) is 4.93. The Bertz CT molecular complexity index is 223. The second-order valence-electron chi connectivity index (χ2n) is 4.11. The van der Waals surface area contributed by atoms with E-state index in [1.165, 1.54) is 6.92 Å². The number of ether oxygens (including phenoxy) is 1. The van der Waals surface area contributed by atoms with Crippen LogP contribution < -0.4 is 5.32 Å². The van der Waals surface area contributed by atoms with Gasteiger partial charge < -0.3 is 10.1 Å². The molecule has 0 bridgehead atoms. The highest BCUT2D eigenvalue weighted by Crippen LogP contribution is 2.07. The summed E-state index contributed by atoms with van der Waals surface area (Å²) < 4.78 is 16.8. The van der Waals surface area contributed by atoms with Crippen LogP contribution in [0.15, 0.2) is 0 Å². The lowest BCUT2D eigenvalue weighted by atomic mass is 10.2. The van der Waals surface area contributed by atoms with Gasteiger partial charge in [0.1, 0.15) is 5.60 Å². The topological polar surface area (TPSA) is 55.4 Å². The molecule has 0 saturated carbocycles. The van der Waals surface area contributed by atoms with Crippen LogP contribution in [0.4, 0.5) is 9.18 Å². The molecule has 1 amide bonds. The fraction of sp³-hybridized carbons (Fsp3) is 0.778. The van der Waals surface area contributed by atoms with Gasteiger partial charge in [-0.05, 0) is 27.7 Å². The molecule has 1 atom stereocenters. The molecule has 0 saturated heterocycles. The van der Waals surface area contributed by atoms with Gasteiger partial charge in [0.15, 0.2) is 0 Å². The average Bonchev–Trinajstić information content (AvgIpc) is 1.77. The molecule has 5 heteroatoms. The van der Waals surface area contributed by atoms with Crippen molar-refractivity contribution in [3.05, 3.63) is 0 Å². The maximum Gasteiger partial charge on any atom is 0.407 e. The molecule has 0 rings (SSSR count). The average molecular weight is 205 g/mol. The van der Waals surface area contributed by atoms with E-state index in [9.17, 15) is 14.0 Å². The highest BCUT2D eigenvalue weighted by atomic mass is 19.1.